The van der Waals surface area contributed by atoms with E-state index in [1.54, 1.807) is 7.11 Å². The Bertz CT molecular complexity index is 644. The van der Waals surface area contributed by atoms with Crippen LogP contribution >= 0.6 is 0 Å². The van der Waals surface area contributed by atoms with E-state index in [2.05, 4.69) is 10.2 Å². The van der Waals surface area contributed by atoms with Crippen LogP contribution in [0.2, 0.25) is 0 Å². The number of amides is 2. The number of nitrogens with zero attached hydrogens (tertiary/aromatic N) is 2. The highest BCUT2D eigenvalue weighted by Crippen LogP contribution is 2.19. The van der Waals surface area contributed by atoms with E-state index in [1.165, 1.54) is 0 Å². The van der Waals surface area contributed by atoms with Crippen molar-refractivity contribution in [2.75, 3.05) is 59.6 Å². The topological polar surface area (TPSA) is 71.1 Å². The smallest absolute Gasteiger partial charge is 0.234 e. The lowest BCUT2D eigenvalue weighted by Gasteiger charge is -2.35. The van der Waals surface area contributed by atoms with Crippen LogP contribution < -0.4 is 10.1 Å². The number of rotatable bonds is 7. The molecule has 2 aliphatic rings. The molecule has 1 N–H and O–H groups in total. The van der Waals surface area contributed by atoms with Gasteiger partial charge in [-0.2, -0.15) is 0 Å². The standard InChI is InChI=1S/C21H31N3O4/c1-27-19-6-4-17(5-7-19)8-9-22-20(25)16-23-10-2-3-18(15-23)21(26)24-11-13-28-14-12-24/h4-7,18H,2-3,8-16H2,1H3,(H,22,25). The molecule has 154 valence electrons. The lowest BCUT2D eigenvalue weighted by Crippen LogP contribution is -2.50. The summed E-state index contributed by atoms with van der Waals surface area (Å²) in [6.45, 7) is 5.12. The molecule has 2 amide bonds. The first kappa shape index (κ1) is 20.6. The maximum Gasteiger partial charge on any atom is 0.234 e. The van der Waals surface area contributed by atoms with Gasteiger partial charge >= 0.3 is 0 Å². The van der Waals surface area contributed by atoms with Crippen LogP contribution in [0.4, 0.5) is 0 Å². The minimum Gasteiger partial charge on any atom is -0.497 e. The van der Waals surface area contributed by atoms with Crippen LogP contribution in [0.3, 0.4) is 0 Å². The van der Waals surface area contributed by atoms with Gasteiger partial charge in [0.25, 0.3) is 0 Å². The number of ether oxygens (including phenoxy) is 2. The first-order valence-electron chi connectivity index (χ1n) is 10.1. The molecule has 0 aliphatic carbocycles. The number of carbonyl (C=O) groups excluding carboxylic acids is 2. The number of nitrogens with one attached hydrogen (secondary N) is 1. The van der Waals surface area contributed by atoms with Crippen molar-refractivity contribution in [2.45, 2.75) is 19.3 Å². The first-order chi connectivity index (χ1) is 13.7. The van der Waals surface area contributed by atoms with Gasteiger partial charge in [0, 0.05) is 26.2 Å². The quantitative estimate of drug-likeness (QED) is 0.751. The molecule has 1 atom stereocenters. The summed E-state index contributed by atoms with van der Waals surface area (Å²) in [4.78, 5) is 29.0. The summed E-state index contributed by atoms with van der Waals surface area (Å²) in [6.07, 6.45) is 2.65. The van der Waals surface area contributed by atoms with Crippen molar-refractivity contribution in [1.82, 2.24) is 15.1 Å². The number of benzene rings is 1. The molecule has 2 saturated heterocycles. The molecular weight excluding hydrogens is 358 g/mol. The first-order valence-corrected chi connectivity index (χ1v) is 10.1. The van der Waals surface area contributed by atoms with Gasteiger partial charge in [0.1, 0.15) is 5.75 Å². The van der Waals surface area contributed by atoms with Gasteiger partial charge in [0.15, 0.2) is 0 Å². The van der Waals surface area contributed by atoms with Crippen LogP contribution in [0.5, 0.6) is 5.75 Å². The highest BCUT2D eigenvalue weighted by atomic mass is 16.5. The van der Waals surface area contributed by atoms with Crippen molar-refractivity contribution in [3.8, 4) is 5.75 Å². The Morgan fingerprint density at radius 3 is 2.64 bits per heavy atom. The molecule has 0 saturated carbocycles. The summed E-state index contributed by atoms with van der Waals surface area (Å²) >= 11 is 0. The molecule has 1 aromatic carbocycles. The van der Waals surface area contributed by atoms with Gasteiger partial charge in [-0.15, -0.1) is 0 Å². The van der Waals surface area contributed by atoms with E-state index in [-0.39, 0.29) is 17.7 Å². The Labute approximate surface area is 167 Å². The van der Waals surface area contributed by atoms with Crippen LogP contribution in [0.1, 0.15) is 18.4 Å². The molecule has 2 heterocycles. The van der Waals surface area contributed by atoms with Crippen molar-refractivity contribution in [2.24, 2.45) is 5.92 Å². The summed E-state index contributed by atoms with van der Waals surface area (Å²) in [5, 5.41) is 2.99. The van der Waals surface area contributed by atoms with E-state index in [0.29, 0.717) is 45.9 Å². The van der Waals surface area contributed by atoms with Crippen molar-refractivity contribution in [3.05, 3.63) is 29.8 Å². The van der Waals surface area contributed by atoms with Gasteiger partial charge in [-0.1, -0.05) is 12.1 Å². The number of carbonyl (C=O) groups is 2. The van der Waals surface area contributed by atoms with Crippen LogP contribution in [-0.2, 0) is 20.7 Å². The summed E-state index contributed by atoms with van der Waals surface area (Å²) < 4.78 is 10.5. The summed E-state index contributed by atoms with van der Waals surface area (Å²) in [6, 6.07) is 7.88. The van der Waals surface area contributed by atoms with Gasteiger partial charge < -0.3 is 19.7 Å². The van der Waals surface area contributed by atoms with Gasteiger partial charge in [-0.3, -0.25) is 14.5 Å². The normalized spacial score (nSPS) is 20.6. The van der Waals surface area contributed by atoms with Crippen molar-refractivity contribution in [3.63, 3.8) is 0 Å². The van der Waals surface area contributed by atoms with Crippen molar-refractivity contribution < 1.29 is 19.1 Å². The van der Waals surface area contributed by atoms with E-state index < -0.39 is 0 Å². The van der Waals surface area contributed by atoms with Crippen LogP contribution in [0.25, 0.3) is 0 Å². The third-order valence-electron chi connectivity index (χ3n) is 5.44. The van der Waals surface area contributed by atoms with E-state index >= 15 is 0 Å². The number of methoxy groups -OCH3 is 1. The van der Waals surface area contributed by atoms with Gasteiger partial charge in [-0.05, 0) is 43.5 Å². The Kier molecular flexibility index (Phi) is 7.68. The van der Waals surface area contributed by atoms with E-state index in [1.807, 2.05) is 29.2 Å². The Hall–Kier alpha value is -2.12. The predicted molar refractivity (Wildman–Crippen MR) is 106 cm³/mol. The second-order valence-corrected chi connectivity index (χ2v) is 7.46. The molecule has 2 fully saturated rings. The largest absolute Gasteiger partial charge is 0.497 e. The van der Waals surface area contributed by atoms with Crippen LogP contribution in [0.15, 0.2) is 24.3 Å². The lowest BCUT2D eigenvalue weighted by atomic mass is 9.96. The molecule has 1 unspecified atom stereocenters. The lowest BCUT2D eigenvalue weighted by molar-refractivity contribution is -0.142. The average molecular weight is 389 g/mol. The molecule has 0 bridgehead atoms. The number of morpholine rings is 1. The minimum atomic E-state index is -0.000973. The predicted octanol–water partition coefficient (Wildman–Crippen LogP) is 0.925. The second kappa shape index (κ2) is 10.4. The van der Waals surface area contributed by atoms with Crippen LogP contribution in [-0.4, -0.2) is 81.2 Å². The molecule has 1 aromatic rings. The molecule has 7 nitrogen and oxygen atoms in total. The zero-order chi connectivity index (χ0) is 19.8. The van der Waals surface area contributed by atoms with Crippen LogP contribution in [0, 0.1) is 5.92 Å². The monoisotopic (exact) mass is 389 g/mol. The molecule has 28 heavy (non-hydrogen) atoms. The van der Waals surface area contributed by atoms with Crippen molar-refractivity contribution in [1.29, 1.82) is 0 Å². The SMILES string of the molecule is COc1ccc(CCNC(=O)CN2CCCC(C(=O)N3CCOCC3)C2)cc1. The molecule has 3 rings (SSSR count). The van der Waals surface area contributed by atoms with Crippen molar-refractivity contribution >= 4 is 11.8 Å². The van der Waals surface area contributed by atoms with E-state index in [4.69, 9.17) is 9.47 Å². The molecule has 0 aromatic heterocycles. The summed E-state index contributed by atoms with van der Waals surface area (Å²) in [7, 11) is 1.65. The maximum atomic E-state index is 12.7. The molecule has 0 radical (unpaired) electrons. The Morgan fingerprint density at radius 1 is 1.18 bits per heavy atom. The van der Waals surface area contributed by atoms with Gasteiger partial charge in [-0.25, -0.2) is 0 Å². The number of hydrogen-bond donors (Lipinski definition) is 1. The average Bonchev–Trinajstić information content (AvgIpc) is 2.74. The maximum absolute atomic E-state index is 12.7. The minimum absolute atomic E-state index is 0.000973. The fraction of sp³-hybridized carbons (Fsp3) is 0.619. The fourth-order valence-corrected chi connectivity index (χ4v) is 3.84. The molecule has 7 heteroatoms. The third-order valence-corrected chi connectivity index (χ3v) is 5.44. The third kappa shape index (κ3) is 5.94. The zero-order valence-electron chi connectivity index (χ0n) is 16.7. The van der Waals surface area contributed by atoms with Gasteiger partial charge in [0.2, 0.25) is 11.8 Å². The Morgan fingerprint density at radius 2 is 1.93 bits per heavy atom. The number of likely N-dealkylation sites (tertiary alicyclic amines) is 1. The summed E-state index contributed by atoms with van der Waals surface area (Å²) in [5.74, 6) is 1.07. The van der Waals surface area contributed by atoms with E-state index in [9.17, 15) is 9.59 Å². The number of hydrogen-bond acceptors (Lipinski definition) is 5. The second-order valence-electron chi connectivity index (χ2n) is 7.46. The Balaban J connectivity index is 1.38. The summed E-state index contributed by atoms with van der Waals surface area (Å²) in [5.41, 5.74) is 1.16. The zero-order valence-corrected chi connectivity index (χ0v) is 16.7. The van der Waals surface area contributed by atoms with Gasteiger partial charge in [0.05, 0.1) is 32.8 Å². The highest BCUT2D eigenvalue weighted by molar-refractivity contribution is 5.80. The fourth-order valence-electron chi connectivity index (χ4n) is 3.84. The molecule has 2 aliphatic heterocycles. The molecule has 0 spiro atoms. The molecular formula is C21H31N3O4. The van der Waals surface area contributed by atoms with E-state index in [0.717, 1.165) is 37.1 Å². The number of piperidine rings is 1. The highest BCUT2D eigenvalue weighted by Gasteiger charge is 2.30.